The Morgan fingerprint density at radius 1 is 1.33 bits per heavy atom. The van der Waals surface area contributed by atoms with Crippen molar-refractivity contribution in [1.82, 2.24) is 5.32 Å². The van der Waals surface area contributed by atoms with Crippen LogP contribution in [0.5, 0.6) is 0 Å². The first-order valence-electron chi connectivity index (χ1n) is 6.65. The van der Waals surface area contributed by atoms with E-state index in [1.165, 1.54) is 11.8 Å². The van der Waals surface area contributed by atoms with Crippen LogP contribution in [-0.2, 0) is 9.59 Å². The Morgan fingerprint density at radius 2 is 2.05 bits per heavy atom. The number of carbonyl (C=O) groups is 2. The first-order valence-corrected chi connectivity index (χ1v) is 9.03. The number of nitrogens with one attached hydrogen (secondary N) is 1. The van der Waals surface area contributed by atoms with Gasteiger partial charge < -0.3 is 10.4 Å². The number of amides is 1. The molecule has 0 aliphatic carbocycles. The van der Waals surface area contributed by atoms with E-state index in [2.05, 4.69) is 5.32 Å². The van der Waals surface area contributed by atoms with Gasteiger partial charge in [-0.15, -0.1) is 11.8 Å². The van der Waals surface area contributed by atoms with E-state index in [1.807, 2.05) is 38.3 Å². The summed E-state index contributed by atoms with van der Waals surface area (Å²) in [6.45, 7) is 4.00. The van der Waals surface area contributed by atoms with Crippen LogP contribution in [0.15, 0.2) is 23.1 Å². The Bertz CT molecular complexity index is 506. The van der Waals surface area contributed by atoms with Gasteiger partial charge in [0.25, 0.3) is 0 Å². The van der Waals surface area contributed by atoms with Gasteiger partial charge in [0.05, 0.1) is 5.75 Å². The van der Waals surface area contributed by atoms with E-state index >= 15 is 0 Å². The highest BCUT2D eigenvalue weighted by Gasteiger charge is 2.19. The van der Waals surface area contributed by atoms with Crippen molar-refractivity contribution >= 4 is 35.4 Å². The molecule has 116 valence electrons. The molecular weight excluding hydrogens is 306 g/mol. The van der Waals surface area contributed by atoms with Crippen LogP contribution in [0.1, 0.15) is 17.5 Å². The molecule has 21 heavy (non-hydrogen) atoms. The van der Waals surface area contributed by atoms with Crippen LogP contribution in [-0.4, -0.2) is 40.8 Å². The number of carboxylic acids is 1. The maximum atomic E-state index is 11.9. The zero-order chi connectivity index (χ0) is 15.8. The SMILES string of the molecule is CSCC[C@@H](NC(=O)CSc1cc(C)ccc1C)C(=O)O. The summed E-state index contributed by atoms with van der Waals surface area (Å²) in [5, 5.41) is 11.7. The third-order valence-corrected chi connectivity index (χ3v) is 4.75. The summed E-state index contributed by atoms with van der Waals surface area (Å²) in [6, 6.07) is 5.29. The highest BCUT2D eigenvalue weighted by atomic mass is 32.2. The maximum absolute atomic E-state index is 11.9. The van der Waals surface area contributed by atoms with Crippen LogP contribution in [0.3, 0.4) is 0 Å². The highest BCUT2D eigenvalue weighted by Crippen LogP contribution is 2.23. The molecule has 4 nitrogen and oxygen atoms in total. The van der Waals surface area contributed by atoms with Gasteiger partial charge in [0, 0.05) is 4.90 Å². The van der Waals surface area contributed by atoms with Gasteiger partial charge in [0.2, 0.25) is 5.91 Å². The molecule has 0 saturated carbocycles. The second-order valence-electron chi connectivity index (χ2n) is 4.80. The molecule has 1 amide bonds. The highest BCUT2D eigenvalue weighted by molar-refractivity contribution is 8.00. The fraction of sp³-hybridized carbons (Fsp3) is 0.467. The third-order valence-electron chi connectivity index (χ3n) is 2.95. The summed E-state index contributed by atoms with van der Waals surface area (Å²) in [7, 11) is 0. The average molecular weight is 327 g/mol. The van der Waals surface area contributed by atoms with Crippen molar-refractivity contribution in [2.75, 3.05) is 17.8 Å². The van der Waals surface area contributed by atoms with Gasteiger partial charge in [0.15, 0.2) is 0 Å². The number of aryl methyl sites for hydroxylation is 2. The van der Waals surface area contributed by atoms with Crippen molar-refractivity contribution in [2.45, 2.75) is 31.2 Å². The van der Waals surface area contributed by atoms with Gasteiger partial charge in [0.1, 0.15) is 6.04 Å². The molecule has 1 aromatic carbocycles. The summed E-state index contributed by atoms with van der Waals surface area (Å²) in [5.41, 5.74) is 2.27. The quantitative estimate of drug-likeness (QED) is 0.719. The summed E-state index contributed by atoms with van der Waals surface area (Å²) < 4.78 is 0. The van der Waals surface area contributed by atoms with Gasteiger partial charge in [-0.25, -0.2) is 4.79 Å². The molecule has 0 unspecified atom stereocenters. The monoisotopic (exact) mass is 327 g/mol. The molecule has 2 N–H and O–H groups in total. The Balaban J connectivity index is 2.52. The number of hydrogen-bond acceptors (Lipinski definition) is 4. The summed E-state index contributed by atoms with van der Waals surface area (Å²) in [5.74, 6) is -0.280. The topological polar surface area (TPSA) is 66.4 Å². The zero-order valence-electron chi connectivity index (χ0n) is 12.5. The lowest BCUT2D eigenvalue weighted by molar-refractivity contribution is -0.141. The van der Waals surface area contributed by atoms with E-state index in [9.17, 15) is 9.59 Å². The van der Waals surface area contributed by atoms with Gasteiger partial charge in [-0.3, -0.25) is 4.79 Å². The lowest BCUT2D eigenvalue weighted by Gasteiger charge is -2.14. The van der Waals surface area contributed by atoms with Crippen molar-refractivity contribution in [1.29, 1.82) is 0 Å². The molecule has 0 spiro atoms. The van der Waals surface area contributed by atoms with Crippen molar-refractivity contribution in [3.8, 4) is 0 Å². The standard InChI is InChI=1S/C15H21NO3S2/c1-10-4-5-11(2)13(8-10)21-9-14(17)16-12(15(18)19)6-7-20-3/h4-5,8,12H,6-7,9H2,1-3H3,(H,16,17)(H,18,19)/t12-/m1/s1. The zero-order valence-corrected chi connectivity index (χ0v) is 14.1. The number of aliphatic carboxylic acids is 1. The van der Waals surface area contributed by atoms with Gasteiger partial charge in [-0.05, 0) is 43.9 Å². The fourth-order valence-corrected chi connectivity index (χ4v) is 3.14. The number of hydrogen-bond donors (Lipinski definition) is 2. The van der Waals surface area contributed by atoms with Crippen LogP contribution in [0.4, 0.5) is 0 Å². The molecule has 1 aromatic rings. The molecule has 0 aliphatic heterocycles. The van der Waals surface area contributed by atoms with Crippen molar-refractivity contribution in [3.05, 3.63) is 29.3 Å². The van der Waals surface area contributed by atoms with E-state index in [1.54, 1.807) is 11.8 Å². The predicted octanol–water partition coefficient (Wildman–Crippen LogP) is 2.72. The second-order valence-corrected chi connectivity index (χ2v) is 6.80. The molecule has 0 aliphatic rings. The Labute approximate surface area is 134 Å². The van der Waals surface area contributed by atoms with Crippen LogP contribution in [0, 0.1) is 13.8 Å². The fourth-order valence-electron chi connectivity index (χ4n) is 1.74. The molecule has 0 radical (unpaired) electrons. The number of carbonyl (C=O) groups excluding carboxylic acids is 1. The summed E-state index contributed by atoms with van der Waals surface area (Å²) in [4.78, 5) is 24.0. The molecule has 0 fully saturated rings. The van der Waals surface area contributed by atoms with Crippen LogP contribution >= 0.6 is 23.5 Å². The molecule has 0 heterocycles. The van der Waals surface area contributed by atoms with E-state index in [-0.39, 0.29) is 11.7 Å². The Kier molecular flexibility index (Phi) is 7.67. The second kappa shape index (κ2) is 9.00. The normalized spacial score (nSPS) is 12.0. The van der Waals surface area contributed by atoms with Gasteiger partial charge in [-0.1, -0.05) is 17.7 Å². The van der Waals surface area contributed by atoms with Crippen molar-refractivity contribution in [2.24, 2.45) is 0 Å². The van der Waals surface area contributed by atoms with E-state index in [0.29, 0.717) is 12.2 Å². The molecular formula is C15H21NO3S2. The Hall–Kier alpha value is -1.14. The van der Waals surface area contributed by atoms with E-state index in [0.717, 1.165) is 16.0 Å². The molecule has 6 heteroatoms. The molecule has 0 aromatic heterocycles. The van der Waals surface area contributed by atoms with E-state index < -0.39 is 12.0 Å². The molecule has 0 bridgehead atoms. The van der Waals surface area contributed by atoms with Gasteiger partial charge in [-0.2, -0.15) is 11.8 Å². The minimum atomic E-state index is -0.978. The van der Waals surface area contributed by atoms with Gasteiger partial charge >= 0.3 is 5.97 Å². The third kappa shape index (κ3) is 6.44. The minimum absolute atomic E-state index is 0.230. The average Bonchev–Trinajstić information content (AvgIpc) is 2.44. The molecule has 1 atom stereocenters. The first-order chi connectivity index (χ1) is 9.93. The molecule has 0 saturated heterocycles. The number of benzene rings is 1. The lowest BCUT2D eigenvalue weighted by atomic mass is 10.2. The lowest BCUT2D eigenvalue weighted by Crippen LogP contribution is -2.42. The first kappa shape index (κ1) is 17.9. The van der Waals surface area contributed by atoms with Crippen LogP contribution < -0.4 is 5.32 Å². The predicted molar refractivity (Wildman–Crippen MR) is 89.2 cm³/mol. The molecule has 1 rings (SSSR count). The van der Waals surface area contributed by atoms with Crippen LogP contribution in [0.2, 0.25) is 0 Å². The maximum Gasteiger partial charge on any atom is 0.326 e. The smallest absolute Gasteiger partial charge is 0.326 e. The summed E-state index contributed by atoms with van der Waals surface area (Å²) in [6.07, 6.45) is 2.35. The largest absolute Gasteiger partial charge is 0.480 e. The van der Waals surface area contributed by atoms with E-state index in [4.69, 9.17) is 5.11 Å². The van der Waals surface area contributed by atoms with Crippen LogP contribution in [0.25, 0.3) is 0 Å². The summed E-state index contributed by atoms with van der Waals surface area (Å²) >= 11 is 3.01. The minimum Gasteiger partial charge on any atom is -0.480 e. The Morgan fingerprint density at radius 3 is 2.67 bits per heavy atom. The van der Waals surface area contributed by atoms with Crippen molar-refractivity contribution in [3.63, 3.8) is 0 Å². The number of rotatable bonds is 8. The van der Waals surface area contributed by atoms with Crippen molar-refractivity contribution < 1.29 is 14.7 Å². The number of carboxylic acid groups (broad SMARTS) is 1. The number of thioether (sulfide) groups is 2.